The molecule has 32 heavy (non-hydrogen) atoms. The molecule has 0 radical (unpaired) electrons. The van der Waals surface area contributed by atoms with Crippen molar-refractivity contribution < 1.29 is 17.9 Å². The number of sulfonamides is 1. The number of hydrogen-bond acceptors (Lipinski definition) is 4. The number of methoxy groups -OCH3 is 1. The van der Waals surface area contributed by atoms with E-state index in [9.17, 15) is 13.2 Å². The minimum atomic E-state index is -3.98. The summed E-state index contributed by atoms with van der Waals surface area (Å²) in [7, 11) is -2.46. The molecule has 166 valence electrons. The van der Waals surface area contributed by atoms with E-state index in [-0.39, 0.29) is 17.3 Å². The van der Waals surface area contributed by atoms with Gasteiger partial charge in [0.15, 0.2) is 0 Å². The van der Waals surface area contributed by atoms with Gasteiger partial charge in [0, 0.05) is 18.3 Å². The van der Waals surface area contributed by atoms with Crippen molar-refractivity contribution in [2.45, 2.75) is 24.7 Å². The van der Waals surface area contributed by atoms with Crippen molar-refractivity contribution in [2.75, 3.05) is 29.4 Å². The number of fused-ring (bicyclic) bond motifs is 1. The molecule has 0 saturated heterocycles. The second-order valence-corrected chi connectivity index (χ2v) is 9.67. The molecule has 1 amide bonds. The average Bonchev–Trinajstić information content (AvgIpc) is 2.82. The second-order valence-electron chi connectivity index (χ2n) is 7.80. The SMILES string of the molecule is COc1cccc(N(CC(=O)N2CCCc3ccccc32)S(=O)(=O)c2ccc(C)cc2)c1. The molecular formula is C25H26N2O4S. The summed E-state index contributed by atoms with van der Waals surface area (Å²) in [5.74, 6) is 0.248. The van der Waals surface area contributed by atoms with Crippen LogP contribution in [0.25, 0.3) is 0 Å². The van der Waals surface area contributed by atoms with Crippen molar-refractivity contribution in [2.24, 2.45) is 0 Å². The molecule has 1 heterocycles. The molecule has 0 aromatic heterocycles. The fourth-order valence-corrected chi connectivity index (χ4v) is 5.33. The van der Waals surface area contributed by atoms with E-state index in [1.807, 2.05) is 31.2 Å². The predicted molar refractivity (Wildman–Crippen MR) is 126 cm³/mol. The Morgan fingerprint density at radius 2 is 1.78 bits per heavy atom. The molecule has 0 saturated carbocycles. The number of aryl methyl sites for hydroxylation is 2. The summed E-state index contributed by atoms with van der Waals surface area (Å²) in [5, 5.41) is 0. The molecule has 7 heteroatoms. The van der Waals surface area contributed by atoms with Gasteiger partial charge in [0.25, 0.3) is 10.0 Å². The van der Waals surface area contributed by atoms with Crippen LogP contribution in [0.4, 0.5) is 11.4 Å². The summed E-state index contributed by atoms with van der Waals surface area (Å²) in [6.45, 7) is 2.15. The number of ether oxygens (including phenoxy) is 1. The molecule has 0 N–H and O–H groups in total. The van der Waals surface area contributed by atoms with Gasteiger partial charge in [0.1, 0.15) is 12.3 Å². The molecule has 0 unspecified atom stereocenters. The first-order valence-electron chi connectivity index (χ1n) is 10.5. The summed E-state index contributed by atoms with van der Waals surface area (Å²) >= 11 is 0. The van der Waals surface area contributed by atoms with E-state index in [4.69, 9.17) is 4.74 Å². The van der Waals surface area contributed by atoms with Crippen molar-refractivity contribution in [3.8, 4) is 5.75 Å². The number of anilines is 2. The first kappa shape index (κ1) is 21.9. The van der Waals surface area contributed by atoms with E-state index < -0.39 is 10.0 Å². The normalized spacial score (nSPS) is 13.4. The lowest BCUT2D eigenvalue weighted by Crippen LogP contribution is -2.45. The number of amides is 1. The topological polar surface area (TPSA) is 66.9 Å². The van der Waals surface area contributed by atoms with E-state index in [1.54, 1.807) is 53.4 Å². The lowest BCUT2D eigenvalue weighted by Gasteiger charge is -2.32. The third kappa shape index (κ3) is 4.34. The molecular weight excluding hydrogens is 424 g/mol. The van der Waals surface area contributed by atoms with Gasteiger partial charge < -0.3 is 9.64 Å². The zero-order valence-corrected chi connectivity index (χ0v) is 19.0. The molecule has 0 spiro atoms. The van der Waals surface area contributed by atoms with E-state index in [0.29, 0.717) is 18.0 Å². The minimum Gasteiger partial charge on any atom is -0.497 e. The van der Waals surface area contributed by atoms with Crippen LogP contribution >= 0.6 is 0 Å². The van der Waals surface area contributed by atoms with Crippen molar-refractivity contribution >= 4 is 27.3 Å². The molecule has 0 atom stereocenters. The number of carbonyl (C=O) groups excluding carboxylic acids is 1. The smallest absolute Gasteiger partial charge is 0.264 e. The van der Waals surface area contributed by atoms with Crippen molar-refractivity contribution in [1.82, 2.24) is 0 Å². The maximum absolute atomic E-state index is 13.6. The number of hydrogen-bond donors (Lipinski definition) is 0. The van der Waals surface area contributed by atoms with Gasteiger partial charge in [-0.2, -0.15) is 0 Å². The Morgan fingerprint density at radius 3 is 2.53 bits per heavy atom. The van der Waals surface area contributed by atoms with Crippen LogP contribution in [-0.2, 0) is 21.2 Å². The zero-order chi connectivity index (χ0) is 22.7. The summed E-state index contributed by atoms with van der Waals surface area (Å²) < 4.78 is 33.7. The van der Waals surface area contributed by atoms with Gasteiger partial charge in [-0.1, -0.05) is 42.0 Å². The zero-order valence-electron chi connectivity index (χ0n) is 18.2. The average molecular weight is 451 g/mol. The molecule has 0 aliphatic carbocycles. The van der Waals surface area contributed by atoms with Crippen molar-refractivity contribution in [3.05, 3.63) is 83.9 Å². The Morgan fingerprint density at radius 1 is 1.03 bits per heavy atom. The lowest BCUT2D eigenvalue weighted by molar-refractivity contribution is -0.117. The monoisotopic (exact) mass is 450 g/mol. The highest BCUT2D eigenvalue weighted by Crippen LogP contribution is 2.30. The number of para-hydroxylation sites is 1. The molecule has 0 fully saturated rings. The van der Waals surface area contributed by atoms with E-state index >= 15 is 0 Å². The lowest BCUT2D eigenvalue weighted by atomic mass is 10.0. The van der Waals surface area contributed by atoms with Gasteiger partial charge in [-0.3, -0.25) is 9.10 Å². The highest BCUT2D eigenvalue weighted by atomic mass is 32.2. The molecule has 0 bridgehead atoms. The second kappa shape index (κ2) is 9.04. The summed E-state index contributed by atoms with van der Waals surface area (Å²) in [6.07, 6.45) is 1.74. The predicted octanol–water partition coefficient (Wildman–Crippen LogP) is 4.18. The number of carbonyl (C=O) groups is 1. The van der Waals surface area contributed by atoms with Gasteiger partial charge >= 0.3 is 0 Å². The van der Waals surface area contributed by atoms with Crippen LogP contribution < -0.4 is 13.9 Å². The van der Waals surface area contributed by atoms with Crippen LogP contribution in [0.2, 0.25) is 0 Å². The number of benzene rings is 3. The van der Waals surface area contributed by atoms with Gasteiger partial charge in [0.2, 0.25) is 5.91 Å². The fraction of sp³-hybridized carbons (Fsp3) is 0.240. The van der Waals surface area contributed by atoms with Gasteiger partial charge in [-0.05, 0) is 55.7 Å². The number of nitrogens with zero attached hydrogens (tertiary/aromatic N) is 2. The van der Waals surface area contributed by atoms with E-state index in [2.05, 4.69) is 0 Å². The largest absolute Gasteiger partial charge is 0.497 e. The Kier molecular flexibility index (Phi) is 6.19. The molecule has 3 aromatic rings. The third-order valence-corrected chi connectivity index (χ3v) is 7.43. The molecule has 4 rings (SSSR count). The summed E-state index contributed by atoms with van der Waals surface area (Å²) in [6, 6.07) is 21.2. The van der Waals surface area contributed by atoms with Crippen LogP contribution in [0.1, 0.15) is 17.5 Å². The quantitative estimate of drug-likeness (QED) is 0.565. The Labute approximate surface area is 189 Å². The first-order valence-corrected chi connectivity index (χ1v) is 12.0. The Balaban J connectivity index is 1.73. The van der Waals surface area contributed by atoms with Crippen molar-refractivity contribution in [1.29, 1.82) is 0 Å². The maximum atomic E-state index is 13.6. The molecule has 6 nitrogen and oxygen atoms in total. The van der Waals surface area contributed by atoms with Crippen LogP contribution in [0.3, 0.4) is 0 Å². The Bertz CT molecular complexity index is 1220. The Hall–Kier alpha value is -3.32. The van der Waals surface area contributed by atoms with Crippen LogP contribution in [0, 0.1) is 6.92 Å². The van der Waals surface area contributed by atoms with E-state index in [0.717, 1.165) is 29.7 Å². The summed E-state index contributed by atoms with van der Waals surface area (Å²) in [4.78, 5) is 15.2. The van der Waals surface area contributed by atoms with Crippen LogP contribution in [0.15, 0.2) is 77.7 Å². The number of rotatable bonds is 6. The fourth-order valence-electron chi connectivity index (χ4n) is 3.92. The highest BCUT2D eigenvalue weighted by Gasteiger charge is 2.31. The van der Waals surface area contributed by atoms with Crippen LogP contribution in [0.5, 0.6) is 5.75 Å². The molecule has 1 aliphatic heterocycles. The summed E-state index contributed by atoms with van der Waals surface area (Å²) in [5.41, 5.74) is 3.28. The third-order valence-electron chi connectivity index (χ3n) is 5.64. The van der Waals surface area contributed by atoms with E-state index in [1.165, 1.54) is 11.4 Å². The standard InChI is InChI=1S/C25H26N2O4S/c1-19-12-14-23(15-13-19)32(29,30)27(21-9-5-10-22(17-21)31-2)18-25(28)26-16-6-8-20-7-3-4-11-24(20)26/h3-5,7,9-15,17H,6,8,16,18H2,1-2H3. The molecule has 3 aromatic carbocycles. The molecule has 1 aliphatic rings. The van der Waals surface area contributed by atoms with Crippen molar-refractivity contribution in [3.63, 3.8) is 0 Å². The van der Waals surface area contributed by atoms with Gasteiger partial charge in [-0.25, -0.2) is 8.42 Å². The minimum absolute atomic E-state index is 0.137. The van der Waals surface area contributed by atoms with Crippen LogP contribution in [-0.4, -0.2) is 34.5 Å². The maximum Gasteiger partial charge on any atom is 0.264 e. The van der Waals surface area contributed by atoms with Gasteiger partial charge in [0.05, 0.1) is 17.7 Å². The first-order chi connectivity index (χ1) is 15.4. The highest BCUT2D eigenvalue weighted by molar-refractivity contribution is 7.92. The van der Waals surface area contributed by atoms with Gasteiger partial charge in [-0.15, -0.1) is 0 Å².